The molecule has 1 heterocycles. The van der Waals surface area contributed by atoms with Crippen LogP contribution in [0.1, 0.15) is 26.7 Å². The fourth-order valence-corrected chi connectivity index (χ4v) is 2.52. The summed E-state index contributed by atoms with van der Waals surface area (Å²) in [4.78, 5) is 2.50. The maximum atomic E-state index is 7.51. The quantitative estimate of drug-likeness (QED) is 0.571. The smallest absolute Gasteiger partial charge is 0.0963 e. The van der Waals surface area contributed by atoms with Crippen LogP contribution in [0.15, 0.2) is 0 Å². The maximum Gasteiger partial charge on any atom is 0.0963 e. The van der Waals surface area contributed by atoms with E-state index in [1.807, 2.05) is 0 Å². The molecular formula is C11H23N3S. The zero-order valence-electron chi connectivity index (χ0n) is 9.88. The van der Waals surface area contributed by atoms with Crippen LogP contribution in [0.4, 0.5) is 0 Å². The summed E-state index contributed by atoms with van der Waals surface area (Å²) in [6, 6.07) is 0. The van der Waals surface area contributed by atoms with Crippen LogP contribution in [0, 0.1) is 10.8 Å². The normalized spacial score (nSPS) is 19.9. The van der Waals surface area contributed by atoms with Gasteiger partial charge in [0, 0.05) is 17.7 Å². The fourth-order valence-electron chi connectivity index (χ4n) is 1.59. The topological polar surface area (TPSA) is 53.1 Å². The van der Waals surface area contributed by atoms with E-state index in [4.69, 9.17) is 11.1 Å². The first kappa shape index (κ1) is 12.8. The van der Waals surface area contributed by atoms with Gasteiger partial charge in [0.1, 0.15) is 0 Å². The Morgan fingerprint density at radius 3 is 2.80 bits per heavy atom. The minimum Gasteiger partial charge on any atom is -0.387 e. The summed E-state index contributed by atoms with van der Waals surface area (Å²) >= 11 is 2.05. The van der Waals surface area contributed by atoms with Gasteiger partial charge < -0.3 is 10.6 Å². The Labute approximate surface area is 97.3 Å². The van der Waals surface area contributed by atoms with Crippen LogP contribution in [-0.4, -0.2) is 41.9 Å². The largest absolute Gasteiger partial charge is 0.387 e. The Bertz CT molecular complexity index is 208. The number of amidine groups is 1. The lowest BCUT2D eigenvalue weighted by Gasteiger charge is -2.27. The van der Waals surface area contributed by atoms with E-state index in [0.29, 0.717) is 5.84 Å². The van der Waals surface area contributed by atoms with Gasteiger partial charge >= 0.3 is 0 Å². The first-order valence-electron chi connectivity index (χ1n) is 5.67. The SMILES string of the molecule is CC(C)(CCN1CCCSCC1)C(=N)N. The lowest BCUT2D eigenvalue weighted by atomic mass is 9.88. The molecule has 1 aliphatic heterocycles. The molecule has 0 aromatic rings. The number of nitrogens with zero attached hydrogens (tertiary/aromatic N) is 1. The molecule has 88 valence electrons. The summed E-state index contributed by atoms with van der Waals surface area (Å²) in [7, 11) is 0. The van der Waals surface area contributed by atoms with Gasteiger partial charge in [-0.1, -0.05) is 13.8 Å². The average molecular weight is 229 g/mol. The maximum absolute atomic E-state index is 7.51. The van der Waals surface area contributed by atoms with Crippen molar-refractivity contribution in [3.63, 3.8) is 0 Å². The summed E-state index contributed by atoms with van der Waals surface area (Å²) < 4.78 is 0. The summed E-state index contributed by atoms with van der Waals surface area (Å²) in [6.45, 7) is 7.59. The van der Waals surface area contributed by atoms with Gasteiger partial charge in [-0.3, -0.25) is 5.41 Å². The van der Waals surface area contributed by atoms with Gasteiger partial charge in [-0.25, -0.2) is 0 Å². The van der Waals surface area contributed by atoms with Gasteiger partial charge in [0.2, 0.25) is 0 Å². The van der Waals surface area contributed by atoms with Crippen LogP contribution >= 0.6 is 11.8 Å². The molecule has 0 spiro atoms. The van der Waals surface area contributed by atoms with Crippen LogP contribution < -0.4 is 5.73 Å². The minimum absolute atomic E-state index is 0.139. The number of nitrogens with one attached hydrogen (secondary N) is 1. The van der Waals surface area contributed by atoms with E-state index in [0.717, 1.165) is 13.0 Å². The second-order valence-electron chi connectivity index (χ2n) is 4.86. The molecule has 0 saturated carbocycles. The van der Waals surface area contributed by atoms with Crippen molar-refractivity contribution in [2.24, 2.45) is 11.1 Å². The van der Waals surface area contributed by atoms with E-state index in [9.17, 15) is 0 Å². The summed E-state index contributed by atoms with van der Waals surface area (Å²) in [5.41, 5.74) is 5.44. The Kier molecular flexibility index (Phi) is 4.93. The number of thioether (sulfide) groups is 1. The highest BCUT2D eigenvalue weighted by Gasteiger charge is 2.22. The molecule has 0 amide bonds. The number of rotatable bonds is 4. The number of nitrogens with two attached hydrogens (primary N) is 1. The van der Waals surface area contributed by atoms with E-state index < -0.39 is 0 Å². The first-order valence-corrected chi connectivity index (χ1v) is 6.82. The standard InChI is InChI=1S/C11H23N3S/c1-11(2,10(12)13)4-6-14-5-3-8-15-9-7-14/h3-9H2,1-2H3,(H3,12,13). The zero-order chi connectivity index (χ0) is 11.3. The van der Waals surface area contributed by atoms with Gasteiger partial charge in [-0.15, -0.1) is 0 Å². The monoisotopic (exact) mass is 229 g/mol. The summed E-state index contributed by atoms with van der Waals surface area (Å²) in [5.74, 6) is 2.86. The molecule has 15 heavy (non-hydrogen) atoms. The molecule has 0 atom stereocenters. The molecule has 3 nitrogen and oxygen atoms in total. The highest BCUT2D eigenvalue weighted by Crippen LogP contribution is 2.21. The predicted molar refractivity (Wildman–Crippen MR) is 68.7 cm³/mol. The zero-order valence-corrected chi connectivity index (χ0v) is 10.7. The third-order valence-electron chi connectivity index (χ3n) is 3.10. The number of hydrogen-bond acceptors (Lipinski definition) is 3. The summed E-state index contributed by atoms with van der Waals surface area (Å²) in [5, 5.41) is 7.51. The van der Waals surface area contributed by atoms with Gasteiger partial charge in [-0.2, -0.15) is 11.8 Å². The highest BCUT2D eigenvalue weighted by molar-refractivity contribution is 7.99. The van der Waals surface area contributed by atoms with E-state index >= 15 is 0 Å². The van der Waals surface area contributed by atoms with Crippen molar-refractivity contribution in [3.05, 3.63) is 0 Å². The lowest BCUT2D eigenvalue weighted by Crippen LogP contribution is -2.36. The van der Waals surface area contributed by atoms with Crippen molar-refractivity contribution in [3.8, 4) is 0 Å². The molecule has 0 aromatic carbocycles. The van der Waals surface area contributed by atoms with Gasteiger partial charge in [0.05, 0.1) is 5.84 Å². The van der Waals surface area contributed by atoms with Crippen molar-refractivity contribution >= 4 is 17.6 Å². The Morgan fingerprint density at radius 1 is 1.40 bits per heavy atom. The first-order chi connectivity index (χ1) is 7.02. The summed E-state index contributed by atoms with van der Waals surface area (Å²) in [6.07, 6.45) is 2.29. The molecule has 1 rings (SSSR count). The van der Waals surface area contributed by atoms with Gasteiger partial charge in [0.15, 0.2) is 0 Å². The van der Waals surface area contributed by atoms with Crippen molar-refractivity contribution in [2.45, 2.75) is 26.7 Å². The second-order valence-corrected chi connectivity index (χ2v) is 6.08. The molecule has 1 saturated heterocycles. The van der Waals surface area contributed by atoms with Gasteiger partial charge in [0.25, 0.3) is 0 Å². The Balaban J connectivity index is 2.31. The predicted octanol–water partition coefficient (Wildman–Crippen LogP) is 1.78. The molecular weight excluding hydrogens is 206 g/mol. The van der Waals surface area contributed by atoms with Crippen LogP contribution in [0.5, 0.6) is 0 Å². The van der Waals surface area contributed by atoms with E-state index in [1.165, 1.54) is 31.0 Å². The highest BCUT2D eigenvalue weighted by atomic mass is 32.2. The van der Waals surface area contributed by atoms with Crippen molar-refractivity contribution in [1.29, 1.82) is 5.41 Å². The van der Waals surface area contributed by atoms with E-state index in [-0.39, 0.29) is 5.41 Å². The molecule has 3 N–H and O–H groups in total. The lowest BCUT2D eigenvalue weighted by molar-refractivity contribution is 0.261. The molecule has 1 fully saturated rings. The fraction of sp³-hybridized carbons (Fsp3) is 0.909. The molecule has 0 bridgehead atoms. The third-order valence-corrected chi connectivity index (χ3v) is 4.15. The minimum atomic E-state index is -0.139. The van der Waals surface area contributed by atoms with Crippen molar-refractivity contribution in [2.75, 3.05) is 31.1 Å². The number of hydrogen-bond donors (Lipinski definition) is 2. The van der Waals surface area contributed by atoms with E-state index in [1.54, 1.807) is 0 Å². The van der Waals surface area contributed by atoms with E-state index in [2.05, 4.69) is 30.5 Å². The van der Waals surface area contributed by atoms with Crippen molar-refractivity contribution < 1.29 is 0 Å². The molecule has 0 radical (unpaired) electrons. The molecule has 0 aromatic heterocycles. The average Bonchev–Trinajstić information content (AvgIpc) is 2.42. The second kappa shape index (κ2) is 5.75. The Morgan fingerprint density at radius 2 is 2.13 bits per heavy atom. The van der Waals surface area contributed by atoms with Crippen molar-refractivity contribution in [1.82, 2.24) is 4.90 Å². The van der Waals surface area contributed by atoms with Gasteiger partial charge in [-0.05, 0) is 31.7 Å². The molecule has 1 aliphatic rings. The van der Waals surface area contributed by atoms with Crippen LogP contribution in [0.25, 0.3) is 0 Å². The molecule has 4 heteroatoms. The van der Waals surface area contributed by atoms with Crippen LogP contribution in [0.3, 0.4) is 0 Å². The third kappa shape index (κ3) is 4.43. The Hall–Kier alpha value is -0.220. The van der Waals surface area contributed by atoms with Crippen LogP contribution in [-0.2, 0) is 0 Å². The van der Waals surface area contributed by atoms with Crippen LogP contribution in [0.2, 0.25) is 0 Å². The molecule has 0 unspecified atom stereocenters. The molecule has 0 aliphatic carbocycles.